The number of carboxylic acid groups (broad SMARTS) is 1. The maximum Gasteiger partial charge on any atom is 0.358 e. The fourth-order valence-corrected chi connectivity index (χ4v) is 5.84. The van der Waals surface area contributed by atoms with Gasteiger partial charge >= 0.3 is 12.0 Å². The van der Waals surface area contributed by atoms with E-state index in [9.17, 15) is 19.5 Å². The third kappa shape index (κ3) is 6.98. The number of carbonyl (C=O) groups is 3. The molecule has 10 nitrogen and oxygen atoms in total. The molecular weight excluding hydrogens is 522 g/mol. The zero-order valence-corrected chi connectivity index (χ0v) is 24.6. The van der Waals surface area contributed by atoms with Gasteiger partial charge in [-0.25, -0.2) is 14.6 Å². The van der Waals surface area contributed by atoms with E-state index in [-0.39, 0.29) is 35.7 Å². The Labute approximate surface area is 241 Å². The quantitative estimate of drug-likeness (QED) is 0.275. The van der Waals surface area contributed by atoms with Crippen LogP contribution in [0.3, 0.4) is 0 Å². The highest BCUT2D eigenvalue weighted by molar-refractivity contribution is 5.98. The zero-order valence-electron chi connectivity index (χ0n) is 24.6. The Hall–Kier alpha value is -3.66. The third-order valence-corrected chi connectivity index (χ3v) is 7.79. The fourth-order valence-electron chi connectivity index (χ4n) is 5.84. The Morgan fingerprint density at radius 2 is 1.90 bits per heavy atom. The summed E-state index contributed by atoms with van der Waals surface area (Å²) in [7, 11) is 0. The Morgan fingerprint density at radius 1 is 1.20 bits per heavy atom. The molecule has 3 aromatic rings. The standard InChI is InChI=1S/C31H43N5O5/c1-5-15-35-18-21(23-13-9-10-14-25(23)35)17-26(28-34-27(30(38)39)20(4)41-28)36(29(37)24(32)16-19(2)3)31(40)33-22-11-7-6-8-12-22/h9-10,13-14,18-19,22,24,26H,5-8,11-12,15-17,32H2,1-4H3,(H,33,40)(H,38,39)/t24?,26-/m1/s1. The predicted molar refractivity (Wildman–Crippen MR) is 157 cm³/mol. The number of fused-ring (bicyclic) bond motifs is 1. The second-order valence-corrected chi connectivity index (χ2v) is 11.6. The summed E-state index contributed by atoms with van der Waals surface area (Å²) in [6.45, 7) is 8.36. The molecular formula is C31H43N5O5. The lowest BCUT2D eigenvalue weighted by atomic mass is 9.95. The number of nitrogens with one attached hydrogen (secondary N) is 1. The van der Waals surface area contributed by atoms with Crippen LogP contribution in [0.4, 0.5) is 4.79 Å². The summed E-state index contributed by atoms with van der Waals surface area (Å²) in [5.74, 6) is -1.54. The number of urea groups is 1. The minimum Gasteiger partial charge on any atom is -0.476 e. The van der Waals surface area contributed by atoms with Crippen molar-refractivity contribution in [1.82, 2.24) is 19.8 Å². The Kier molecular flexibility index (Phi) is 9.86. The molecule has 10 heteroatoms. The van der Waals surface area contributed by atoms with Gasteiger partial charge < -0.3 is 25.1 Å². The Bertz CT molecular complexity index is 1370. The first kappa shape index (κ1) is 30.3. The van der Waals surface area contributed by atoms with Gasteiger partial charge in [0.25, 0.3) is 0 Å². The van der Waals surface area contributed by atoms with Gasteiger partial charge in [-0.2, -0.15) is 0 Å². The molecule has 4 N–H and O–H groups in total. The number of nitrogens with two attached hydrogens (primary N) is 1. The molecule has 0 spiro atoms. The molecule has 0 aliphatic heterocycles. The second-order valence-electron chi connectivity index (χ2n) is 11.6. The summed E-state index contributed by atoms with van der Waals surface area (Å²) in [6, 6.07) is 5.44. The van der Waals surface area contributed by atoms with Crippen LogP contribution in [-0.4, -0.2) is 49.5 Å². The smallest absolute Gasteiger partial charge is 0.358 e. The van der Waals surface area contributed by atoms with Crippen LogP contribution in [-0.2, 0) is 17.8 Å². The molecule has 1 aliphatic rings. The minimum atomic E-state index is -1.24. The second kappa shape index (κ2) is 13.3. The van der Waals surface area contributed by atoms with Crippen LogP contribution in [0.15, 0.2) is 34.9 Å². The first-order valence-electron chi connectivity index (χ1n) is 14.8. The lowest BCUT2D eigenvalue weighted by Gasteiger charge is -2.33. The summed E-state index contributed by atoms with van der Waals surface area (Å²) in [6.07, 6.45) is 8.34. The van der Waals surface area contributed by atoms with Crippen LogP contribution in [0.5, 0.6) is 0 Å². The van der Waals surface area contributed by atoms with Crippen molar-refractivity contribution >= 4 is 28.8 Å². The zero-order chi connectivity index (χ0) is 29.7. The topological polar surface area (TPSA) is 144 Å². The van der Waals surface area contributed by atoms with E-state index in [0.717, 1.165) is 66.4 Å². The summed E-state index contributed by atoms with van der Waals surface area (Å²) >= 11 is 0. The normalized spacial score (nSPS) is 15.7. The molecule has 0 saturated heterocycles. The molecule has 4 rings (SSSR count). The van der Waals surface area contributed by atoms with Crippen LogP contribution in [0.25, 0.3) is 10.9 Å². The highest BCUT2D eigenvalue weighted by atomic mass is 16.4. The molecule has 1 unspecified atom stereocenters. The van der Waals surface area contributed by atoms with Crippen molar-refractivity contribution in [2.45, 2.75) is 104 Å². The molecule has 3 amide bonds. The van der Waals surface area contributed by atoms with E-state index >= 15 is 0 Å². The number of para-hydroxylation sites is 1. The van der Waals surface area contributed by atoms with Crippen molar-refractivity contribution in [2.24, 2.45) is 11.7 Å². The van der Waals surface area contributed by atoms with Crippen molar-refractivity contribution in [3.8, 4) is 0 Å². The van der Waals surface area contributed by atoms with E-state index in [2.05, 4.69) is 21.8 Å². The number of oxazole rings is 1. The number of nitrogens with zero attached hydrogens (tertiary/aromatic N) is 3. The van der Waals surface area contributed by atoms with Crippen molar-refractivity contribution in [3.63, 3.8) is 0 Å². The lowest BCUT2D eigenvalue weighted by molar-refractivity contribution is -0.132. The average Bonchev–Trinajstić information content (AvgIpc) is 3.49. The maximum atomic E-state index is 14.0. The van der Waals surface area contributed by atoms with Crippen LogP contribution < -0.4 is 11.1 Å². The highest BCUT2D eigenvalue weighted by Crippen LogP contribution is 2.32. The highest BCUT2D eigenvalue weighted by Gasteiger charge is 2.39. The van der Waals surface area contributed by atoms with E-state index < -0.39 is 30.0 Å². The van der Waals surface area contributed by atoms with Gasteiger partial charge in [0.15, 0.2) is 5.69 Å². The number of aryl methyl sites for hydroxylation is 2. The van der Waals surface area contributed by atoms with E-state index in [1.54, 1.807) is 0 Å². The van der Waals surface area contributed by atoms with E-state index in [4.69, 9.17) is 10.2 Å². The van der Waals surface area contributed by atoms with E-state index in [1.807, 2.05) is 44.3 Å². The Morgan fingerprint density at radius 3 is 2.54 bits per heavy atom. The molecule has 41 heavy (non-hydrogen) atoms. The Balaban J connectivity index is 1.83. The number of aromatic carboxylic acids is 1. The van der Waals surface area contributed by atoms with Gasteiger partial charge in [-0.1, -0.05) is 58.2 Å². The molecule has 2 heterocycles. The number of aromatic nitrogens is 2. The molecule has 0 radical (unpaired) electrons. The van der Waals surface area contributed by atoms with Crippen LogP contribution in [0, 0.1) is 12.8 Å². The van der Waals surface area contributed by atoms with E-state index in [1.165, 1.54) is 6.92 Å². The van der Waals surface area contributed by atoms with Crippen molar-refractivity contribution in [1.29, 1.82) is 0 Å². The van der Waals surface area contributed by atoms with Gasteiger partial charge in [-0.15, -0.1) is 0 Å². The predicted octanol–water partition coefficient (Wildman–Crippen LogP) is 5.57. The fraction of sp³-hybridized carbons (Fsp3) is 0.548. The number of rotatable bonds is 11. The minimum absolute atomic E-state index is 0.00360. The first-order chi connectivity index (χ1) is 19.6. The van der Waals surface area contributed by atoms with Crippen molar-refractivity contribution in [3.05, 3.63) is 53.4 Å². The molecule has 222 valence electrons. The van der Waals surface area contributed by atoms with Crippen LogP contribution in [0.2, 0.25) is 0 Å². The molecule has 1 fully saturated rings. The number of carbonyl (C=O) groups excluding carboxylic acids is 2. The largest absolute Gasteiger partial charge is 0.476 e. The lowest BCUT2D eigenvalue weighted by Crippen LogP contribution is -2.54. The van der Waals surface area contributed by atoms with Crippen LogP contribution >= 0.6 is 0 Å². The molecule has 2 atom stereocenters. The van der Waals surface area contributed by atoms with Gasteiger partial charge in [0.2, 0.25) is 11.8 Å². The van der Waals surface area contributed by atoms with Gasteiger partial charge in [-0.05, 0) is 50.2 Å². The van der Waals surface area contributed by atoms with Gasteiger partial charge in [-0.3, -0.25) is 9.69 Å². The molecule has 2 aromatic heterocycles. The molecule has 0 bridgehead atoms. The first-order valence-corrected chi connectivity index (χ1v) is 14.8. The summed E-state index contributed by atoms with van der Waals surface area (Å²) in [5.41, 5.74) is 8.09. The van der Waals surface area contributed by atoms with Gasteiger partial charge in [0.05, 0.1) is 6.04 Å². The number of hydrogen-bond donors (Lipinski definition) is 3. The summed E-state index contributed by atoms with van der Waals surface area (Å²) < 4.78 is 8.05. The molecule has 1 aliphatic carbocycles. The van der Waals surface area contributed by atoms with Gasteiger partial charge in [0, 0.05) is 36.1 Å². The van der Waals surface area contributed by atoms with E-state index in [0.29, 0.717) is 6.42 Å². The average molecular weight is 566 g/mol. The monoisotopic (exact) mass is 565 g/mol. The molecule has 1 aromatic carbocycles. The number of carboxylic acids is 1. The molecule has 1 saturated carbocycles. The summed E-state index contributed by atoms with van der Waals surface area (Å²) in [5, 5.41) is 13.8. The number of imide groups is 1. The third-order valence-electron chi connectivity index (χ3n) is 7.79. The maximum absolute atomic E-state index is 14.0. The van der Waals surface area contributed by atoms with Crippen LogP contribution in [0.1, 0.15) is 99.5 Å². The number of benzene rings is 1. The number of amides is 3. The van der Waals surface area contributed by atoms with Crippen molar-refractivity contribution < 1.29 is 23.9 Å². The number of hydrogen-bond acceptors (Lipinski definition) is 6. The van der Waals surface area contributed by atoms with Gasteiger partial charge in [0.1, 0.15) is 11.8 Å². The van der Waals surface area contributed by atoms with Crippen molar-refractivity contribution in [2.75, 3.05) is 0 Å². The SMILES string of the molecule is CCCn1cc(C[C@H](c2nc(C(=O)O)c(C)o2)N(C(=O)NC2CCCCC2)C(=O)C(N)CC(C)C)c2ccccc21. The summed E-state index contributed by atoms with van der Waals surface area (Å²) in [4.78, 5) is 45.3.